The third-order valence-corrected chi connectivity index (χ3v) is 3.53. The number of aryl methyl sites for hydroxylation is 2. The summed E-state index contributed by atoms with van der Waals surface area (Å²) in [7, 11) is 0. The fourth-order valence-electron chi connectivity index (χ4n) is 2.18. The molecule has 0 N–H and O–H groups in total. The molecule has 2 aromatic rings. The van der Waals surface area contributed by atoms with Crippen LogP contribution in [-0.4, -0.2) is 11.0 Å². The van der Waals surface area contributed by atoms with Gasteiger partial charge < -0.3 is 4.52 Å². The van der Waals surface area contributed by atoms with E-state index in [-0.39, 0.29) is 0 Å². The van der Waals surface area contributed by atoms with Crippen molar-refractivity contribution in [3.8, 4) is 11.1 Å². The van der Waals surface area contributed by atoms with Crippen molar-refractivity contribution < 1.29 is 4.52 Å². The number of halogens is 1. The Morgan fingerprint density at radius 3 is 2.61 bits per heavy atom. The van der Waals surface area contributed by atoms with Gasteiger partial charge in [-0.1, -0.05) is 5.16 Å². The first-order chi connectivity index (χ1) is 8.56. The van der Waals surface area contributed by atoms with Crippen LogP contribution in [-0.2, 0) is 0 Å². The SMILES string of the molecule is CC1=Nc2c(Br)cc(-c3c(C)noc3C)cc2[N]1. The minimum atomic E-state index is 0.779. The summed E-state index contributed by atoms with van der Waals surface area (Å²) < 4.78 is 6.15. The Morgan fingerprint density at radius 2 is 1.94 bits per heavy atom. The first-order valence-corrected chi connectivity index (χ1v) is 6.39. The number of aromatic nitrogens is 1. The lowest BCUT2D eigenvalue weighted by Gasteiger charge is -2.05. The zero-order valence-corrected chi connectivity index (χ0v) is 11.9. The Labute approximate surface area is 113 Å². The van der Waals surface area contributed by atoms with Crippen molar-refractivity contribution in [3.63, 3.8) is 0 Å². The molecule has 0 saturated heterocycles. The van der Waals surface area contributed by atoms with Crippen molar-refractivity contribution in [2.75, 3.05) is 0 Å². The summed E-state index contributed by atoms with van der Waals surface area (Å²) in [6.45, 7) is 5.74. The van der Waals surface area contributed by atoms with Crippen molar-refractivity contribution in [1.29, 1.82) is 0 Å². The van der Waals surface area contributed by atoms with Crippen LogP contribution in [0.15, 0.2) is 26.1 Å². The third kappa shape index (κ3) is 1.66. The molecule has 0 unspecified atom stereocenters. The second-order valence-electron chi connectivity index (χ2n) is 4.30. The fourth-order valence-corrected chi connectivity index (χ4v) is 2.72. The van der Waals surface area contributed by atoms with Gasteiger partial charge >= 0.3 is 0 Å². The fraction of sp³-hybridized carbons (Fsp3) is 0.231. The average molecular weight is 305 g/mol. The second kappa shape index (κ2) is 3.95. The zero-order valence-electron chi connectivity index (χ0n) is 10.3. The van der Waals surface area contributed by atoms with Gasteiger partial charge in [-0.05, 0) is 54.4 Å². The molecule has 4 nitrogen and oxygen atoms in total. The van der Waals surface area contributed by atoms with Gasteiger partial charge in [0, 0.05) is 10.0 Å². The lowest BCUT2D eigenvalue weighted by molar-refractivity contribution is 0.393. The number of rotatable bonds is 1. The van der Waals surface area contributed by atoms with E-state index in [9.17, 15) is 0 Å². The molecule has 0 aliphatic carbocycles. The van der Waals surface area contributed by atoms with E-state index in [0.717, 1.165) is 44.3 Å². The van der Waals surface area contributed by atoms with Crippen molar-refractivity contribution in [1.82, 2.24) is 10.5 Å². The van der Waals surface area contributed by atoms with Gasteiger partial charge in [-0.2, -0.15) is 0 Å². The normalized spacial score (nSPS) is 13.2. The lowest BCUT2D eigenvalue weighted by atomic mass is 10.0. The maximum absolute atomic E-state index is 5.21. The molecule has 1 aromatic heterocycles. The van der Waals surface area contributed by atoms with Crippen molar-refractivity contribution in [2.24, 2.45) is 4.99 Å². The van der Waals surface area contributed by atoms with Gasteiger partial charge in [0.05, 0.1) is 11.4 Å². The van der Waals surface area contributed by atoms with Crippen LogP contribution < -0.4 is 5.32 Å². The average Bonchev–Trinajstić information content (AvgIpc) is 2.82. The summed E-state index contributed by atoms with van der Waals surface area (Å²) in [6.07, 6.45) is 0. The van der Waals surface area contributed by atoms with Crippen LogP contribution in [0, 0.1) is 13.8 Å². The first kappa shape index (κ1) is 11.5. The standard InChI is InChI=1S/C13H11BrN3O/c1-6-12(7(2)18-17-6)9-4-10(14)13-11(5-9)15-8(3)16-13/h4-5H,1-3H3. The molecule has 3 rings (SSSR count). The highest BCUT2D eigenvalue weighted by atomic mass is 79.9. The van der Waals surface area contributed by atoms with Gasteiger partial charge in [0.2, 0.25) is 0 Å². The molecule has 1 aliphatic heterocycles. The molecule has 18 heavy (non-hydrogen) atoms. The van der Waals surface area contributed by atoms with E-state index in [0.29, 0.717) is 0 Å². The number of nitrogens with zero attached hydrogens (tertiary/aromatic N) is 3. The van der Waals surface area contributed by atoms with Crippen LogP contribution in [0.1, 0.15) is 18.4 Å². The summed E-state index contributed by atoms with van der Waals surface area (Å²) in [6, 6.07) is 4.05. The monoisotopic (exact) mass is 304 g/mol. The Kier molecular flexibility index (Phi) is 2.52. The largest absolute Gasteiger partial charge is 0.361 e. The highest BCUT2D eigenvalue weighted by molar-refractivity contribution is 9.10. The van der Waals surface area contributed by atoms with Crippen molar-refractivity contribution >= 4 is 33.1 Å². The van der Waals surface area contributed by atoms with E-state index in [1.165, 1.54) is 0 Å². The van der Waals surface area contributed by atoms with E-state index >= 15 is 0 Å². The predicted molar refractivity (Wildman–Crippen MR) is 73.7 cm³/mol. The summed E-state index contributed by atoms with van der Waals surface area (Å²) in [5.41, 5.74) is 4.73. The number of aliphatic imine (C=N–C) groups is 1. The highest BCUT2D eigenvalue weighted by Crippen LogP contribution is 2.42. The minimum absolute atomic E-state index is 0.779. The van der Waals surface area contributed by atoms with E-state index in [1.807, 2.05) is 32.9 Å². The number of hydrogen-bond acceptors (Lipinski definition) is 3. The van der Waals surface area contributed by atoms with Crippen LogP contribution in [0.2, 0.25) is 0 Å². The van der Waals surface area contributed by atoms with Gasteiger partial charge in [-0.3, -0.25) is 0 Å². The Balaban J connectivity index is 2.18. The van der Waals surface area contributed by atoms with Crippen LogP contribution in [0.25, 0.3) is 11.1 Å². The molecule has 0 spiro atoms. The summed E-state index contributed by atoms with van der Waals surface area (Å²) in [5.74, 6) is 1.59. The molecular weight excluding hydrogens is 294 g/mol. The van der Waals surface area contributed by atoms with Crippen LogP contribution in [0.4, 0.5) is 11.4 Å². The van der Waals surface area contributed by atoms with Crippen molar-refractivity contribution in [3.05, 3.63) is 28.1 Å². The van der Waals surface area contributed by atoms with Crippen molar-refractivity contribution in [2.45, 2.75) is 20.8 Å². The maximum atomic E-state index is 5.21. The molecule has 1 aromatic carbocycles. The third-order valence-electron chi connectivity index (χ3n) is 2.92. The topological polar surface area (TPSA) is 52.5 Å². The molecule has 1 radical (unpaired) electrons. The molecule has 0 saturated carbocycles. The highest BCUT2D eigenvalue weighted by Gasteiger charge is 2.20. The summed E-state index contributed by atoms with van der Waals surface area (Å²) in [4.78, 5) is 4.38. The lowest BCUT2D eigenvalue weighted by Crippen LogP contribution is -1.98. The molecule has 5 heteroatoms. The molecule has 2 heterocycles. The number of amidine groups is 1. The number of fused-ring (bicyclic) bond motifs is 1. The molecule has 0 atom stereocenters. The van der Waals surface area contributed by atoms with E-state index in [4.69, 9.17) is 4.52 Å². The molecule has 0 bridgehead atoms. The Morgan fingerprint density at radius 1 is 1.17 bits per heavy atom. The molecule has 1 aliphatic rings. The molecular formula is C13H11BrN3O. The van der Waals surface area contributed by atoms with E-state index in [1.54, 1.807) is 0 Å². The van der Waals surface area contributed by atoms with Gasteiger partial charge in [0.15, 0.2) is 0 Å². The van der Waals surface area contributed by atoms with E-state index < -0.39 is 0 Å². The summed E-state index contributed by atoms with van der Waals surface area (Å²) >= 11 is 3.54. The van der Waals surface area contributed by atoms with Gasteiger partial charge in [0.25, 0.3) is 0 Å². The molecule has 91 valence electrons. The van der Waals surface area contributed by atoms with Crippen LogP contribution in [0.5, 0.6) is 0 Å². The Hall–Kier alpha value is -1.62. The molecule has 0 fully saturated rings. The Bertz CT molecular complexity index is 654. The minimum Gasteiger partial charge on any atom is -0.361 e. The quantitative estimate of drug-likeness (QED) is 0.799. The first-order valence-electron chi connectivity index (χ1n) is 5.60. The van der Waals surface area contributed by atoms with Crippen LogP contribution in [0.3, 0.4) is 0 Å². The van der Waals surface area contributed by atoms with Gasteiger partial charge in [-0.25, -0.2) is 10.3 Å². The van der Waals surface area contributed by atoms with Gasteiger partial charge in [0.1, 0.15) is 17.3 Å². The maximum Gasteiger partial charge on any atom is 0.141 e. The predicted octanol–water partition coefficient (Wildman–Crippen LogP) is 4.02. The number of benzene rings is 1. The molecule has 0 amide bonds. The zero-order chi connectivity index (χ0) is 12.9. The number of hydrogen-bond donors (Lipinski definition) is 0. The smallest absolute Gasteiger partial charge is 0.141 e. The van der Waals surface area contributed by atoms with Crippen LogP contribution >= 0.6 is 15.9 Å². The second-order valence-corrected chi connectivity index (χ2v) is 5.15. The van der Waals surface area contributed by atoms with Gasteiger partial charge in [-0.15, -0.1) is 0 Å². The van der Waals surface area contributed by atoms with E-state index in [2.05, 4.69) is 31.4 Å². The summed E-state index contributed by atoms with van der Waals surface area (Å²) in [5, 5.41) is 8.39.